The van der Waals surface area contributed by atoms with E-state index in [4.69, 9.17) is 13.9 Å². The molecule has 0 N–H and O–H groups in total. The molecule has 166 valence electrons. The number of furan rings is 1. The van der Waals surface area contributed by atoms with Gasteiger partial charge in [0.25, 0.3) is 0 Å². The second kappa shape index (κ2) is 8.77. The van der Waals surface area contributed by atoms with Crippen LogP contribution in [0.4, 0.5) is 0 Å². The van der Waals surface area contributed by atoms with Gasteiger partial charge in [-0.05, 0) is 57.6 Å². The smallest absolute Gasteiger partial charge is 0.308 e. The first kappa shape index (κ1) is 21.5. The zero-order valence-corrected chi connectivity index (χ0v) is 18.9. The van der Waals surface area contributed by atoms with Crippen LogP contribution in [-0.2, 0) is 27.2 Å². The Balaban J connectivity index is 1.62. The molecule has 0 bridgehead atoms. The quantitative estimate of drug-likeness (QED) is 0.535. The molecule has 31 heavy (non-hydrogen) atoms. The van der Waals surface area contributed by atoms with Gasteiger partial charge in [0.05, 0.1) is 20.1 Å². The third kappa shape index (κ3) is 3.95. The Morgan fingerprint density at radius 1 is 1.16 bits per heavy atom. The molecule has 2 aromatic rings. The number of esters is 1. The zero-order chi connectivity index (χ0) is 22.1. The van der Waals surface area contributed by atoms with E-state index in [2.05, 4.69) is 6.07 Å². The minimum atomic E-state index is -0.184. The van der Waals surface area contributed by atoms with Gasteiger partial charge in [-0.1, -0.05) is 0 Å². The molecule has 1 aromatic heterocycles. The number of likely N-dealkylation sites (tertiary alicyclic amines) is 1. The minimum absolute atomic E-state index is 0.0326. The molecule has 1 fully saturated rings. The van der Waals surface area contributed by atoms with Crippen molar-refractivity contribution in [3.8, 4) is 5.75 Å². The largest absolute Gasteiger partial charge is 0.496 e. The first-order chi connectivity index (χ1) is 14.9. The molecular weight excluding hydrogens is 394 g/mol. The molecule has 0 unspecified atom stereocenters. The van der Waals surface area contributed by atoms with E-state index in [1.54, 1.807) is 18.1 Å². The number of nitrogens with zero attached hydrogens (tertiary/aromatic N) is 1. The Morgan fingerprint density at radius 3 is 2.55 bits per heavy atom. The summed E-state index contributed by atoms with van der Waals surface area (Å²) in [5.41, 5.74) is 4.98. The minimum Gasteiger partial charge on any atom is -0.496 e. The number of rotatable bonds is 4. The molecular formula is C25H31NO5. The lowest BCUT2D eigenvalue weighted by molar-refractivity contribution is -0.148. The summed E-state index contributed by atoms with van der Waals surface area (Å²) in [5, 5.41) is 1.14. The molecule has 0 atom stereocenters. The third-order valence-corrected chi connectivity index (χ3v) is 6.74. The Morgan fingerprint density at radius 2 is 1.87 bits per heavy atom. The summed E-state index contributed by atoms with van der Waals surface area (Å²) in [7, 11) is 3.07. The van der Waals surface area contributed by atoms with Crippen molar-refractivity contribution >= 4 is 28.4 Å². The Labute approximate surface area is 183 Å². The van der Waals surface area contributed by atoms with E-state index in [-0.39, 0.29) is 17.8 Å². The molecule has 0 spiro atoms. The molecule has 1 aromatic carbocycles. The number of carbonyl (C=O) groups excluding carboxylic acids is 2. The number of hydrogen-bond acceptors (Lipinski definition) is 5. The van der Waals surface area contributed by atoms with Crippen LogP contribution in [0.1, 0.15) is 55.1 Å². The van der Waals surface area contributed by atoms with Crippen LogP contribution in [0.2, 0.25) is 0 Å². The van der Waals surface area contributed by atoms with E-state index in [0.717, 1.165) is 58.4 Å². The standard InChI is InChI=1S/C25H31NO5/c1-15(13-22(27)26-11-9-17(10-12-26)25(28)30-4)19-14-20-18-7-5-6-8-21(18)31-24(20)16(2)23(19)29-3/h13-14,17H,5-12H2,1-4H3/b15-13+. The van der Waals surface area contributed by atoms with Crippen LogP contribution in [0.3, 0.4) is 0 Å². The van der Waals surface area contributed by atoms with Crippen molar-refractivity contribution < 1.29 is 23.5 Å². The first-order valence-electron chi connectivity index (χ1n) is 11.1. The van der Waals surface area contributed by atoms with Crippen LogP contribution in [0.25, 0.3) is 16.5 Å². The number of piperidine rings is 1. The fourth-order valence-corrected chi connectivity index (χ4v) is 4.95. The molecule has 0 radical (unpaired) electrons. The van der Waals surface area contributed by atoms with Crippen LogP contribution < -0.4 is 4.74 Å². The summed E-state index contributed by atoms with van der Waals surface area (Å²) in [6.07, 6.45) is 7.32. The second-order valence-corrected chi connectivity index (χ2v) is 8.62. The lowest BCUT2D eigenvalue weighted by Gasteiger charge is -2.30. The van der Waals surface area contributed by atoms with Crippen molar-refractivity contribution in [3.63, 3.8) is 0 Å². The van der Waals surface area contributed by atoms with E-state index >= 15 is 0 Å². The molecule has 6 nitrogen and oxygen atoms in total. The van der Waals surface area contributed by atoms with Crippen molar-refractivity contribution in [2.24, 2.45) is 5.92 Å². The molecule has 0 saturated carbocycles. The van der Waals surface area contributed by atoms with Crippen LogP contribution in [0, 0.1) is 12.8 Å². The van der Waals surface area contributed by atoms with Gasteiger partial charge in [0.2, 0.25) is 5.91 Å². The van der Waals surface area contributed by atoms with Crippen molar-refractivity contribution in [1.82, 2.24) is 4.90 Å². The molecule has 1 aliphatic heterocycles. The van der Waals surface area contributed by atoms with Crippen molar-refractivity contribution in [1.29, 1.82) is 0 Å². The van der Waals surface area contributed by atoms with Crippen LogP contribution in [0.5, 0.6) is 5.75 Å². The third-order valence-electron chi connectivity index (χ3n) is 6.74. The van der Waals surface area contributed by atoms with Gasteiger partial charge in [0, 0.05) is 47.7 Å². The van der Waals surface area contributed by atoms with Gasteiger partial charge in [0.1, 0.15) is 17.1 Å². The molecule has 1 amide bonds. The molecule has 1 aliphatic carbocycles. The normalized spacial score (nSPS) is 17.5. The maximum atomic E-state index is 12.9. The number of hydrogen-bond donors (Lipinski definition) is 0. The zero-order valence-electron chi connectivity index (χ0n) is 18.9. The van der Waals surface area contributed by atoms with Gasteiger partial charge in [-0.15, -0.1) is 0 Å². The predicted octanol–water partition coefficient (Wildman–Crippen LogP) is 4.44. The fourth-order valence-electron chi connectivity index (χ4n) is 4.95. The summed E-state index contributed by atoms with van der Waals surface area (Å²) in [6.45, 7) is 5.10. The average Bonchev–Trinajstić information content (AvgIpc) is 3.17. The Bertz CT molecular complexity index is 1040. The number of amides is 1. The lowest BCUT2D eigenvalue weighted by Crippen LogP contribution is -2.39. The molecule has 2 heterocycles. The van der Waals surface area contributed by atoms with E-state index in [0.29, 0.717) is 25.9 Å². The molecule has 1 saturated heterocycles. The van der Waals surface area contributed by atoms with Crippen molar-refractivity contribution in [2.75, 3.05) is 27.3 Å². The van der Waals surface area contributed by atoms with E-state index < -0.39 is 0 Å². The highest BCUT2D eigenvalue weighted by molar-refractivity contribution is 5.98. The number of methoxy groups -OCH3 is 2. The highest BCUT2D eigenvalue weighted by atomic mass is 16.5. The van der Waals surface area contributed by atoms with Crippen LogP contribution in [-0.4, -0.2) is 44.1 Å². The number of carbonyl (C=O) groups is 2. The van der Waals surface area contributed by atoms with Gasteiger partial charge < -0.3 is 18.8 Å². The molecule has 2 aliphatic rings. The Kier molecular flexibility index (Phi) is 6.08. The molecule has 6 heteroatoms. The number of allylic oxidation sites excluding steroid dienone is 1. The SMILES string of the molecule is COC(=O)C1CCN(C(=O)/C=C(\C)c2cc3c4c(oc3c(C)c2OC)CCCC4)CC1. The Hall–Kier alpha value is -2.76. The van der Waals surface area contributed by atoms with Crippen LogP contribution >= 0.6 is 0 Å². The average molecular weight is 426 g/mol. The summed E-state index contributed by atoms with van der Waals surface area (Å²) in [4.78, 5) is 26.5. The van der Waals surface area contributed by atoms with E-state index in [9.17, 15) is 9.59 Å². The van der Waals surface area contributed by atoms with Gasteiger partial charge in [-0.2, -0.15) is 0 Å². The lowest BCUT2D eigenvalue weighted by atomic mass is 9.92. The molecule has 4 rings (SSSR count). The van der Waals surface area contributed by atoms with E-state index in [1.807, 2.05) is 13.8 Å². The number of fused-ring (bicyclic) bond motifs is 3. The summed E-state index contributed by atoms with van der Waals surface area (Å²) in [5.74, 6) is 1.52. The monoisotopic (exact) mass is 425 g/mol. The highest BCUT2D eigenvalue weighted by Gasteiger charge is 2.28. The van der Waals surface area contributed by atoms with E-state index in [1.165, 1.54) is 19.1 Å². The predicted molar refractivity (Wildman–Crippen MR) is 119 cm³/mol. The number of ether oxygens (including phenoxy) is 2. The maximum absolute atomic E-state index is 12.9. The first-order valence-corrected chi connectivity index (χ1v) is 11.1. The highest BCUT2D eigenvalue weighted by Crippen LogP contribution is 2.41. The number of aryl methyl sites for hydroxylation is 3. The summed E-state index contributed by atoms with van der Waals surface area (Å²) in [6, 6.07) is 2.12. The second-order valence-electron chi connectivity index (χ2n) is 8.62. The maximum Gasteiger partial charge on any atom is 0.308 e. The van der Waals surface area contributed by atoms with Gasteiger partial charge in [0.15, 0.2) is 0 Å². The van der Waals surface area contributed by atoms with Gasteiger partial charge in [-0.25, -0.2) is 0 Å². The van der Waals surface area contributed by atoms with Gasteiger partial charge in [-0.3, -0.25) is 9.59 Å². The fraction of sp³-hybridized carbons (Fsp3) is 0.520. The van der Waals surface area contributed by atoms with Crippen LogP contribution in [0.15, 0.2) is 16.6 Å². The summed E-state index contributed by atoms with van der Waals surface area (Å²) >= 11 is 0. The van der Waals surface area contributed by atoms with Crippen molar-refractivity contribution in [3.05, 3.63) is 34.6 Å². The number of benzene rings is 1. The van der Waals surface area contributed by atoms with Gasteiger partial charge >= 0.3 is 5.97 Å². The van der Waals surface area contributed by atoms with Crippen molar-refractivity contribution in [2.45, 2.75) is 52.4 Å². The summed E-state index contributed by atoms with van der Waals surface area (Å²) < 4.78 is 16.8. The topological polar surface area (TPSA) is 69.0 Å².